The molecule has 1 aliphatic heterocycles. The number of hydrogen-bond acceptors (Lipinski definition) is 4. The molecule has 0 spiro atoms. The van der Waals surface area contributed by atoms with Crippen molar-refractivity contribution in [2.24, 2.45) is 0 Å². The van der Waals surface area contributed by atoms with E-state index in [1.807, 2.05) is 18.2 Å². The summed E-state index contributed by atoms with van der Waals surface area (Å²) in [5, 5.41) is 2.76. The van der Waals surface area contributed by atoms with Crippen molar-refractivity contribution >= 4 is 11.8 Å². The van der Waals surface area contributed by atoms with Gasteiger partial charge in [0.2, 0.25) is 0 Å². The first-order chi connectivity index (χ1) is 9.31. The van der Waals surface area contributed by atoms with E-state index in [9.17, 15) is 4.79 Å². The quantitative estimate of drug-likeness (QED) is 0.900. The molecule has 0 aromatic heterocycles. The monoisotopic (exact) mass is 264 g/mol. The highest BCUT2D eigenvalue weighted by Gasteiger charge is 2.14. The van der Waals surface area contributed by atoms with E-state index in [1.54, 1.807) is 6.92 Å². The normalized spacial score (nSPS) is 15.1. The number of benzene rings is 1. The van der Waals surface area contributed by atoms with Crippen LogP contribution in [-0.4, -0.2) is 39.0 Å². The highest BCUT2D eigenvalue weighted by Crippen LogP contribution is 2.21. The van der Waals surface area contributed by atoms with Crippen LogP contribution in [0.5, 0.6) is 0 Å². The molecule has 5 nitrogen and oxygen atoms in total. The molecular formula is C14H20N2O3. The fourth-order valence-corrected chi connectivity index (χ4v) is 2.12. The SMILES string of the molecule is CCOC(=O)NCc1ccccc1N1CCOCC1. The lowest BCUT2D eigenvalue weighted by Gasteiger charge is -2.30. The third kappa shape index (κ3) is 3.86. The Labute approximate surface area is 113 Å². The Morgan fingerprint density at radius 1 is 1.37 bits per heavy atom. The second-order valence-corrected chi connectivity index (χ2v) is 4.30. The highest BCUT2D eigenvalue weighted by molar-refractivity contribution is 5.67. The van der Waals surface area contributed by atoms with Gasteiger partial charge in [-0.2, -0.15) is 0 Å². The number of carbonyl (C=O) groups is 1. The number of nitrogens with zero attached hydrogens (tertiary/aromatic N) is 1. The van der Waals surface area contributed by atoms with Gasteiger partial charge in [0, 0.05) is 25.3 Å². The van der Waals surface area contributed by atoms with Gasteiger partial charge in [0.25, 0.3) is 0 Å². The van der Waals surface area contributed by atoms with Crippen LogP contribution in [0.2, 0.25) is 0 Å². The lowest BCUT2D eigenvalue weighted by atomic mass is 10.1. The first-order valence-electron chi connectivity index (χ1n) is 6.62. The number of anilines is 1. The standard InChI is InChI=1S/C14H20N2O3/c1-2-19-14(17)15-11-12-5-3-4-6-13(12)16-7-9-18-10-8-16/h3-6H,2,7-11H2,1H3,(H,15,17). The number of para-hydroxylation sites is 1. The van der Waals surface area contributed by atoms with Gasteiger partial charge < -0.3 is 19.7 Å². The maximum atomic E-state index is 11.3. The van der Waals surface area contributed by atoms with Gasteiger partial charge in [-0.05, 0) is 18.6 Å². The fourth-order valence-electron chi connectivity index (χ4n) is 2.12. The van der Waals surface area contributed by atoms with E-state index >= 15 is 0 Å². The highest BCUT2D eigenvalue weighted by atomic mass is 16.5. The van der Waals surface area contributed by atoms with Gasteiger partial charge in [-0.1, -0.05) is 18.2 Å². The summed E-state index contributed by atoms with van der Waals surface area (Å²) < 4.78 is 10.2. The van der Waals surface area contributed by atoms with Crippen LogP contribution in [0.15, 0.2) is 24.3 Å². The van der Waals surface area contributed by atoms with Crippen molar-refractivity contribution in [3.8, 4) is 0 Å². The van der Waals surface area contributed by atoms with Gasteiger partial charge in [0.05, 0.1) is 19.8 Å². The summed E-state index contributed by atoms with van der Waals surface area (Å²) in [4.78, 5) is 13.6. The van der Waals surface area contributed by atoms with Gasteiger partial charge in [-0.3, -0.25) is 0 Å². The van der Waals surface area contributed by atoms with Gasteiger partial charge >= 0.3 is 6.09 Å². The molecule has 1 saturated heterocycles. The molecule has 0 radical (unpaired) electrons. The van der Waals surface area contributed by atoms with Crippen LogP contribution in [0.1, 0.15) is 12.5 Å². The first kappa shape index (κ1) is 13.7. The number of rotatable bonds is 4. The van der Waals surface area contributed by atoms with Crippen molar-refractivity contribution in [3.63, 3.8) is 0 Å². The molecule has 5 heteroatoms. The molecule has 0 saturated carbocycles. The topological polar surface area (TPSA) is 50.8 Å². The smallest absolute Gasteiger partial charge is 0.407 e. The second-order valence-electron chi connectivity index (χ2n) is 4.30. The van der Waals surface area contributed by atoms with Crippen LogP contribution in [-0.2, 0) is 16.0 Å². The van der Waals surface area contributed by atoms with Crippen LogP contribution in [0.3, 0.4) is 0 Å². The van der Waals surface area contributed by atoms with Crippen LogP contribution in [0.25, 0.3) is 0 Å². The van der Waals surface area contributed by atoms with E-state index in [2.05, 4.69) is 16.3 Å². The molecule has 0 aliphatic carbocycles. The number of carbonyl (C=O) groups excluding carboxylic acids is 1. The van der Waals surface area contributed by atoms with Gasteiger partial charge in [-0.25, -0.2) is 4.79 Å². The van der Waals surface area contributed by atoms with E-state index < -0.39 is 0 Å². The summed E-state index contributed by atoms with van der Waals surface area (Å²) in [7, 11) is 0. The third-order valence-corrected chi connectivity index (χ3v) is 3.04. The van der Waals surface area contributed by atoms with E-state index in [1.165, 1.54) is 0 Å². The van der Waals surface area contributed by atoms with Crippen molar-refractivity contribution in [1.82, 2.24) is 5.32 Å². The van der Waals surface area contributed by atoms with Crippen LogP contribution in [0, 0.1) is 0 Å². The first-order valence-corrected chi connectivity index (χ1v) is 6.62. The molecule has 0 unspecified atom stereocenters. The minimum Gasteiger partial charge on any atom is -0.450 e. The van der Waals surface area contributed by atoms with Crippen molar-refractivity contribution in [2.75, 3.05) is 37.8 Å². The number of hydrogen-bond donors (Lipinski definition) is 1. The van der Waals surface area contributed by atoms with Crippen LogP contribution < -0.4 is 10.2 Å². The van der Waals surface area contributed by atoms with Crippen molar-refractivity contribution in [3.05, 3.63) is 29.8 Å². The molecule has 0 atom stereocenters. The molecule has 1 aliphatic rings. The third-order valence-electron chi connectivity index (χ3n) is 3.04. The molecular weight excluding hydrogens is 244 g/mol. The van der Waals surface area contributed by atoms with E-state index in [4.69, 9.17) is 9.47 Å². The molecule has 1 aromatic rings. The average Bonchev–Trinajstić information content (AvgIpc) is 2.47. The number of morpholine rings is 1. The summed E-state index contributed by atoms with van der Waals surface area (Å²) in [6.07, 6.45) is -0.376. The van der Waals surface area contributed by atoms with Gasteiger partial charge in [0.15, 0.2) is 0 Å². The Hall–Kier alpha value is -1.75. The summed E-state index contributed by atoms with van der Waals surface area (Å²) in [5.41, 5.74) is 2.25. The van der Waals surface area contributed by atoms with Crippen LogP contribution >= 0.6 is 0 Å². The minimum atomic E-state index is -0.376. The Bertz CT molecular complexity index is 417. The number of amides is 1. The molecule has 1 heterocycles. The van der Waals surface area contributed by atoms with Gasteiger partial charge in [0.1, 0.15) is 0 Å². The molecule has 0 bridgehead atoms. The van der Waals surface area contributed by atoms with Crippen molar-refractivity contribution in [2.45, 2.75) is 13.5 Å². The Kier molecular flexibility index (Phi) is 5.03. The molecule has 1 N–H and O–H groups in total. The zero-order chi connectivity index (χ0) is 13.5. The molecule has 19 heavy (non-hydrogen) atoms. The van der Waals surface area contributed by atoms with E-state index in [0.29, 0.717) is 13.2 Å². The predicted octanol–water partition coefficient (Wildman–Crippen LogP) is 1.77. The minimum absolute atomic E-state index is 0.376. The summed E-state index contributed by atoms with van der Waals surface area (Å²) >= 11 is 0. The maximum absolute atomic E-state index is 11.3. The summed E-state index contributed by atoms with van der Waals surface area (Å²) in [5.74, 6) is 0. The summed E-state index contributed by atoms with van der Waals surface area (Å²) in [6.45, 7) is 5.93. The Morgan fingerprint density at radius 3 is 2.84 bits per heavy atom. The average molecular weight is 264 g/mol. The van der Waals surface area contributed by atoms with Crippen LogP contribution in [0.4, 0.5) is 10.5 Å². The number of nitrogens with one attached hydrogen (secondary N) is 1. The van der Waals surface area contributed by atoms with Gasteiger partial charge in [-0.15, -0.1) is 0 Å². The molecule has 1 fully saturated rings. The molecule has 1 aromatic carbocycles. The second kappa shape index (κ2) is 6.99. The lowest BCUT2D eigenvalue weighted by Crippen LogP contribution is -2.37. The van der Waals surface area contributed by atoms with Crippen molar-refractivity contribution < 1.29 is 14.3 Å². The number of alkyl carbamates (subject to hydrolysis) is 1. The Balaban J connectivity index is 2.01. The molecule has 104 valence electrons. The lowest BCUT2D eigenvalue weighted by molar-refractivity contribution is 0.122. The largest absolute Gasteiger partial charge is 0.450 e. The zero-order valence-corrected chi connectivity index (χ0v) is 11.2. The summed E-state index contributed by atoms with van der Waals surface area (Å²) in [6, 6.07) is 8.09. The van der Waals surface area contributed by atoms with Crippen molar-refractivity contribution in [1.29, 1.82) is 0 Å². The fraction of sp³-hybridized carbons (Fsp3) is 0.500. The molecule has 2 rings (SSSR count). The number of ether oxygens (including phenoxy) is 2. The zero-order valence-electron chi connectivity index (χ0n) is 11.2. The Morgan fingerprint density at radius 2 is 2.11 bits per heavy atom. The maximum Gasteiger partial charge on any atom is 0.407 e. The van der Waals surface area contributed by atoms with E-state index in [0.717, 1.165) is 37.6 Å². The molecule has 1 amide bonds. The predicted molar refractivity (Wildman–Crippen MR) is 73.3 cm³/mol. The van der Waals surface area contributed by atoms with E-state index in [-0.39, 0.29) is 6.09 Å².